The van der Waals surface area contributed by atoms with Crippen molar-refractivity contribution in [3.63, 3.8) is 0 Å². The lowest BCUT2D eigenvalue weighted by Gasteiger charge is -2.22. The van der Waals surface area contributed by atoms with Crippen molar-refractivity contribution in [1.82, 2.24) is 10.2 Å². The molecule has 0 bridgehead atoms. The van der Waals surface area contributed by atoms with Crippen molar-refractivity contribution < 1.29 is 14.0 Å². The van der Waals surface area contributed by atoms with Crippen LogP contribution in [0.3, 0.4) is 0 Å². The van der Waals surface area contributed by atoms with Crippen LogP contribution in [-0.4, -0.2) is 36.3 Å². The molecule has 5 nitrogen and oxygen atoms in total. The van der Waals surface area contributed by atoms with Crippen LogP contribution < -0.4 is 11.1 Å². The number of nitrogens with two attached hydrogens (primary N) is 1. The molecule has 3 N–H and O–H groups in total. The lowest BCUT2D eigenvalue weighted by molar-refractivity contribution is -0.124. The van der Waals surface area contributed by atoms with Gasteiger partial charge in [-0.25, -0.2) is 4.39 Å². The Morgan fingerprint density at radius 2 is 1.95 bits per heavy atom. The van der Waals surface area contributed by atoms with Crippen molar-refractivity contribution in [2.24, 2.45) is 11.7 Å². The predicted octanol–water partition coefficient (Wildman–Crippen LogP) is 0.885. The Morgan fingerprint density at radius 3 is 2.52 bits per heavy atom. The van der Waals surface area contributed by atoms with Crippen LogP contribution in [0.15, 0.2) is 24.3 Å². The summed E-state index contributed by atoms with van der Waals surface area (Å²) in [5.41, 5.74) is 5.59. The zero-order valence-corrected chi connectivity index (χ0v) is 12.4. The summed E-state index contributed by atoms with van der Waals surface area (Å²) in [5, 5.41) is 2.64. The van der Waals surface area contributed by atoms with Gasteiger partial charge in [-0.3, -0.25) is 14.5 Å². The maximum Gasteiger partial charge on any atom is 0.234 e. The number of carbonyl (C=O) groups is 2. The molecule has 0 spiro atoms. The molecule has 0 atom stereocenters. The topological polar surface area (TPSA) is 75.4 Å². The molecule has 0 saturated heterocycles. The van der Waals surface area contributed by atoms with Gasteiger partial charge in [0.25, 0.3) is 0 Å². The molecule has 0 aliphatic rings. The number of nitrogens with one attached hydrogen (secondary N) is 1. The summed E-state index contributed by atoms with van der Waals surface area (Å²) < 4.78 is 13.4. The first-order valence-electron chi connectivity index (χ1n) is 6.89. The molecule has 0 saturated carbocycles. The Hall–Kier alpha value is -1.95. The van der Waals surface area contributed by atoms with Crippen LogP contribution >= 0.6 is 0 Å². The van der Waals surface area contributed by atoms with E-state index in [0.717, 1.165) is 0 Å². The summed E-state index contributed by atoms with van der Waals surface area (Å²) in [5.74, 6) is -0.782. The van der Waals surface area contributed by atoms with E-state index in [0.29, 0.717) is 18.0 Å². The van der Waals surface area contributed by atoms with Crippen LogP contribution in [0.25, 0.3) is 0 Å². The SMILES string of the molecule is CC(C)CN(CC(N)=O)CC(=O)NCc1ccccc1F. The van der Waals surface area contributed by atoms with Crippen molar-refractivity contribution in [3.8, 4) is 0 Å². The first-order chi connectivity index (χ1) is 9.88. The van der Waals surface area contributed by atoms with Crippen LogP contribution in [0.1, 0.15) is 19.4 Å². The number of rotatable bonds is 8. The zero-order chi connectivity index (χ0) is 15.8. The van der Waals surface area contributed by atoms with Crippen molar-refractivity contribution in [2.45, 2.75) is 20.4 Å². The fraction of sp³-hybridized carbons (Fsp3) is 0.467. The van der Waals surface area contributed by atoms with Crippen molar-refractivity contribution in [3.05, 3.63) is 35.6 Å². The van der Waals surface area contributed by atoms with E-state index in [1.165, 1.54) is 6.07 Å². The summed E-state index contributed by atoms with van der Waals surface area (Å²) in [7, 11) is 0. The third-order valence-electron chi connectivity index (χ3n) is 2.80. The lowest BCUT2D eigenvalue weighted by atomic mass is 10.2. The minimum absolute atomic E-state index is 0.0330. The van der Waals surface area contributed by atoms with Crippen LogP contribution in [0.4, 0.5) is 4.39 Å². The third kappa shape index (κ3) is 6.85. The van der Waals surface area contributed by atoms with Crippen molar-refractivity contribution in [2.75, 3.05) is 19.6 Å². The third-order valence-corrected chi connectivity index (χ3v) is 2.80. The number of hydrogen-bond acceptors (Lipinski definition) is 3. The van der Waals surface area contributed by atoms with Gasteiger partial charge in [-0.2, -0.15) is 0 Å². The summed E-state index contributed by atoms with van der Waals surface area (Å²) in [6.07, 6.45) is 0. The fourth-order valence-corrected chi connectivity index (χ4v) is 2.02. The average molecular weight is 295 g/mol. The highest BCUT2D eigenvalue weighted by Gasteiger charge is 2.14. The molecule has 0 unspecified atom stereocenters. The van der Waals surface area contributed by atoms with Gasteiger partial charge < -0.3 is 11.1 Å². The maximum absolute atomic E-state index is 13.4. The van der Waals surface area contributed by atoms with E-state index in [2.05, 4.69) is 5.32 Å². The largest absolute Gasteiger partial charge is 0.369 e. The Balaban J connectivity index is 2.50. The molecule has 1 rings (SSSR count). The molecule has 6 heteroatoms. The number of amides is 2. The second-order valence-corrected chi connectivity index (χ2v) is 5.40. The van der Waals surface area contributed by atoms with Gasteiger partial charge in [0.1, 0.15) is 5.82 Å². The monoisotopic (exact) mass is 295 g/mol. The number of carbonyl (C=O) groups excluding carboxylic acids is 2. The maximum atomic E-state index is 13.4. The van der Waals surface area contributed by atoms with Gasteiger partial charge in [0.2, 0.25) is 11.8 Å². The highest BCUT2D eigenvalue weighted by Crippen LogP contribution is 2.05. The van der Waals surface area contributed by atoms with Crippen LogP contribution in [0.5, 0.6) is 0 Å². The summed E-state index contributed by atoms with van der Waals surface area (Å²) in [6, 6.07) is 6.27. The van der Waals surface area contributed by atoms with Crippen LogP contribution in [0.2, 0.25) is 0 Å². The van der Waals surface area contributed by atoms with E-state index in [4.69, 9.17) is 5.73 Å². The summed E-state index contributed by atoms with van der Waals surface area (Å²) in [4.78, 5) is 24.6. The molecule has 0 aromatic heterocycles. The molecule has 0 heterocycles. The van der Waals surface area contributed by atoms with Gasteiger partial charge in [0, 0.05) is 18.7 Å². The highest BCUT2D eigenvalue weighted by atomic mass is 19.1. The minimum Gasteiger partial charge on any atom is -0.369 e. The average Bonchev–Trinajstić information content (AvgIpc) is 2.36. The van der Waals surface area contributed by atoms with Crippen LogP contribution in [-0.2, 0) is 16.1 Å². The van der Waals surface area contributed by atoms with E-state index in [-0.39, 0.29) is 31.4 Å². The first-order valence-corrected chi connectivity index (χ1v) is 6.89. The lowest BCUT2D eigenvalue weighted by Crippen LogP contribution is -2.42. The Kier molecular flexibility index (Phi) is 6.81. The Labute approximate surface area is 124 Å². The molecular formula is C15H22FN3O2. The second-order valence-electron chi connectivity index (χ2n) is 5.40. The smallest absolute Gasteiger partial charge is 0.234 e. The zero-order valence-electron chi connectivity index (χ0n) is 12.4. The van der Waals surface area contributed by atoms with Gasteiger partial charge in [0.15, 0.2) is 0 Å². The number of primary amides is 1. The first kappa shape index (κ1) is 17.1. The van der Waals surface area contributed by atoms with E-state index in [9.17, 15) is 14.0 Å². The van der Waals surface area contributed by atoms with Gasteiger partial charge in [-0.05, 0) is 12.0 Å². The van der Waals surface area contributed by atoms with Gasteiger partial charge in [-0.15, -0.1) is 0 Å². The molecule has 1 aromatic rings. The van der Waals surface area contributed by atoms with E-state index < -0.39 is 5.91 Å². The Bertz CT molecular complexity index is 492. The van der Waals surface area contributed by atoms with E-state index in [1.54, 1.807) is 23.1 Å². The molecule has 116 valence electrons. The number of nitrogens with zero attached hydrogens (tertiary/aromatic N) is 1. The van der Waals surface area contributed by atoms with Crippen molar-refractivity contribution in [1.29, 1.82) is 0 Å². The highest BCUT2D eigenvalue weighted by molar-refractivity contribution is 5.80. The quantitative estimate of drug-likeness (QED) is 0.748. The normalized spacial score (nSPS) is 10.9. The van der Waals surface area contributed by atoms with E-state index >= 15 is 0 Å². The van der Waals surface area contributed by atoms with Gasteiger partial charge in [0.05, 0.1) is 13.1 Å². The molecule has 1 aromatic carbocycles. The molecule has 0 fully saturated rings. The van der Waals surface area contributed by atoms with Crippen molar-refractivity contribution >= 4 is 11.8 Å². The number of hydrogen-bond donors (Lipinski definition) is 2. The number of halogens is 1. The molecule has 0 aliphatic carbocycles. The van der Waals surface area contributed by atoms with Gasteiger partial charge >= 0.3 is 0 Å². The standard InChI is InChI=1S/C15H22FN3O2/c1-11(2)8-19(9-14(17)20)10-15(21)18-7-12-5-3-4-6-13(12)16/h3-6,11H,7-10H2,1-2H3,(H2,17,20)(H,18,21). The summed E-state index contributed by atoms with van der Waals surface area (Å²) >= 11 is 0. The molecule has 2 amide bonds. The second kappa shape index (κ2) is 8.36. The predicted molar refractivity (Wildman–Crippen MR) is 78.7 cm³/mol. The minimum atomic E-state index is -0.474. The van der Waals surface area contributed by atoms with E-state index in [1.807, 2.05) is 13.8 Å². The molecule has 21 heavy (non-hydrogen) atoms. The Morgan fingerprint density at radius 1 is 1.29 bits per heavy atom. The summed E-state index contributed by atoms with van der Waals surface area (Å²) in [6.45, 7) is 4.80. The molecular weight excluding hydrogens is 273 g/mol. The fourth-order valence-electron chi connectivity index (χ4n) is 2.02. The molecule has 0 aliphatic heterocycles. The van der Waals surface area contributed by atoms with Crippen LogP contribution in [0, 0.1) is 11.7 Å². The van der Waals surface area contributed by atoms with Gasteiger partial charge in [-0.1, -0.05) is 32.0 Å². The number of benzene rings is 1. The molecule has 0 radical (unpaired) electrons.